The van der Waals surface area contributed by atoms with Crippen molar-refractivity contribution >= 4 is 33.9 Å². The maximum Gasteiger partial charge on any atom is 0.257 e. The van der Waals surface area contributed by atoms with Gasteiger partial charge in [-0.3, -0.25) is 9.36 Å². The number of hydrogen-bond acceptors (Lipinski definition) is 4. The van der Waals surface area contributed by atoms with Gasteiger partial charge in [0.15, 0.2) is 5.65 Å². The minimum Gasteiger partial charge on any atom is -0.384 e. The first-order valence-corrected chi connectivity index (χ1v) is 9.11. The van der Waals surface area contributed by atoms with Gasteiger partial charge in [0.25, 0.3) is 5.91 Å². The molecular formula is C21H21N5O. The number of anilines is 1. The van der Waals surface area contributed by atoms with E-state index >= 15 is 0 Å². The number of nitrogens with zero attached hydrogens (tertiary/aromatic N) is 3. The highest BCUT2D eigenvalue weighted by molar-refractivity contribution is 6.11. The first-order chi connectivity index (χ1) is 13.2. The van der Waals surface area contributed by atoms with Crippen molar-refractivity contribution in [2.24, 2.45) is 0 Å². The smallest absolute Gasteiger partial charge is 0.257 e. The minimum atomic E-state index is -0.217. The number of nitrogens with one attached hydrogen (secondary N) is 1. The SMILES string of the molecule is CCCCNC(=O)c1c(N)n(-c2ccccc2)c2nc3ccccc3nc12. The van der Waals surface area contributed by atoms with Crippen LogP contribution in [0, 0.1) is 0 Å². The van der Waals surface area contributed by atoms with E-state index in [0.717, 1.165) is 29.6 Å². The van der Waals surface area contributed by atoms with Crippen molar-refractivity contribution in [2.75, 3.05) is 12.3 Å². The fraction of sp³-hybridized carbons (Fsp3) is 0.190. The van der Waals surface area contributed by atoms with E-state index in [0.29, 0.717) is 29.1 Å². The Morgan fingerprint density at radius 2 is 1.70 bits per heavy atom. The zero-order valence-corrected chi connectivity index (χ0v) is 15.1. The number of amides is 1. The van der Waals surface area contributed by atoms with Crippen LogP contribution >= 0.6 is 0 Å². The van der Waals surface area contributed by atoms with Crippen molar-refractivity contribution in [3.63, 3.8) is 0 Å². The number of benzene rings is 2. The van der Waals surface area contributed by atoms with Gasteiger partial charge in [0.2, 0.25) is 0 Å². The second-order valence-corrected chi connectivity index (χ2v) is 6.43. The fourth-order valence-electron chi connectivity index (χ4n) is 3.19. The number of carbonyl (C=O) groups excluding carboxylic acids is 1. The molecule has 2 heterocycles. The van der Waals surface area contributed by atoms with Gasteiger partial charge in [-0.1, -0.05) is 43.7 Å². The number of nitrogen functional groups attached to an aromatic ring is 1. The predicted octanol–water partition coefficient (Wildman–Crippen LogP) is 3.69. The molecule has 0 radical (unpaired) electrons. The molecule has 4 aromatic rings. The summed E-state index contributed by atoms with van der Waals surface area (Å²) in [5.41, 5.74) is 10.3. The molecule has 0 aliphatic carbocycles. The lowest BCUT2D eigenvalue weighted by atomic mass is 10.2. The third kappa shape index (κ3) is 2.99. The largest absolute Gasteiger partial charge is 0.384 e. The van der Waals surface area contributed by atoms with Crippen molar-refractivity contribution in [3.05, 3.63) is 60.2 Å². The lowest BCUT2D eigenvalue weighted by molar-refractivity contribution is 0.0955. The number of hydrogen-bond donors (Lipinski definition) is 2. The number of nitrogens with two attached hydrogens (primary N) is 1. The van der Waals surface area contributed by atoms with E-state index in [1.165, 1.54) is 0 Å². The summed E-state index contributed by atoms with van der Waals surface area (Å²) in [6.07, 6.45) is 1.92. The van der Waals surface area contributed by atoms with Crippen LogP contribution in [0.1, 0.15) is 30.1 Å². The Kier molecular flexibility index (Phi) is 4.46. The first kappa shape index (κ1) is 17.0. The van der Waals surface area contributed by atoms with E-state index in [-0.39, 0.29) is 5.91 Å². The highest BCUT2D eigenvalue weighted by Gasteiger charge is 2.24. The Morgan fingerprint density at radius 1 is 1.04 bits per heavy atom. The average molecular weight is 359 g/mol. The summed E-state index contributed by atoms with van der Waals surface area (Å²) in [6, 6.07) is 17.3. The molecule has 0 atom stereocenters. The summed E-state index contributed by atoms with van der Waals surface area (Å²) >= 11 is 0. The molecule has 2 aromatic heterocycles. The molecule has 0 bridgehead atoms. The lowest BCUT2D eigenvalue weighted by Gasteiger charge is -2.08. The van der Waals surface area contributed by atoms with Gasteiger partial charge in [-0.05, 0) is 30.7 Å². The summed E-state index contributed by atoms with van der Waals surface area (Å²) in [5.74, 6) is 0.130. The Bertz CT molecular complexity index is 1120. The van der Waals surface area contributed by atoms with Gasteiger partial charge in [0.05, 0.1) is 11.0 Å². The molecule has 2 aromatic carbocycles. The van der Waals surface area contributed by atoms with Crippen LogP contribution in [0.2, 0.25) is 0 Å². The Balaban J connectivity index is 1.97. The van der Waals surface area contributed by atoms with E-state index in [4.69, 9.17) is 15.7 Å². The Hall–Kier alpha value is -3.41. The van der Waals surface area contributed by atoms with Crippen LogP contribution in [0.5, 0.6) is 0 Å². The molecule has 27 heavy (non-hydrogen) atoms. The van der Waals surface area contributed by atoms with Crippen LogP contribution in [0.15, 0.2) is 54.6 Å². The predicted molar refractivity (Wildman–Crippen MR) is 108 cm³/mol. The minimum absolute atomic E-state index is 0.217. The van der Waals surface area contributed by atoms with E-state index in [9.17, 15) is 4.79 Å². The number of aromatic nitrogens is 3. The molecule has 0 saturated heterocycles. The zero-order chi connectivity index (χ0) is 18.8. The summed E-state index contributed by atoms with van der Waals surface area (Å²) in [6.45, 7) is 2.69. The molecule has 0 fully saturated rings. The van der Waals surface area contributed by atoms with Crippen molar-refractivity contribution in [1.29, 1.82) is 0 Å². The van der Waals surface area contributed by atoms with Gasteiger partial charge in [-0.25, -0.2) is 9.97 Å². The Morgan fingerprint density at radius 3 is 2.41 bits per heavy atom. The Labute approximate surface area is 157 Å². The van der Waals surface area contributed by atoms with Crippen molar-refractivity contribution in [1.82, 2.24) is 19.9 Å². The third-order valence-corrected chi connectivity index (χ3v) is 4.56. The molecule has 0 unspecified atom stereocenters. The topological polar surface area (TPSA) is 85.8 Å². The second kappa shape index (κ2) is 7.07. The maximum atomic E-state index is 12.9. The van der Waals surface area contributed by atoms with Crippen LogP contribution in [0.3, 0.4) is 0 Å². The molecule has 1 amide bonds. The van der Waals surface area contributed by atoms with Gasteiger partial charge >= 0.3 is 0 Å². The second-order valence-electron chi connectivity index (χ2n) is 6.43. The number of para-hydroxylation sites is 3. The number of carbonyl (C=O) groups is 1. The van der Waals surface area contributed by atoms with Gasteiger partial charge in [-0.2, -0.15) is 0 Å². The van der Waals surface area contributed by atoms with Crippen LogP contribution in [0.4, 0.5) is 5.82 Å². The summed E-state index contributed by atoms with van der Waals surface area (Å²) in [5, 5.41) is 2.95. The molecule has 3 N–H and O–H groups in total. The molecule has 0 saturated carbocycles. The summed E-state index contributed by atoms with van der Waals surface area (Å²) < 4.78 is 1.80. The lowest BCUT2D eigenvalue weighted by Crippen LogP contribution is -2.25. The molecule has 6 heteroatoms. The van der Waals surface area contributed by atoms with Gasteiger partial charge in [0, 0.05) is 12.2 Å². The fourth-order valence-corrected chi connectivity index (χ4v) is 3.19. The molecule has 6 nitrogen and oxygen atoms in total. The van der Waals surface area contributed by atoms with Crippen molar-refractivity contribution in [2.45, 2.75) is 19.8 Å². The van der Waals surface area contributed by atoms with E-state index < -0.39 is 0 Å². The molecule has 136 valence electrons. The molecule has 0 aliphatic rings. The average Bonchev–Trinajstić information content (AvgIpc) is 2.97. The van der Waals surface area contributed by atoms with Crippen LogP contribution in [0.25, 0.3) is 27.9 Å². The monoisotopic (exact) mass is 359 g/mol. The van der Waals surface area contributed by atoms with E-state index in [2.05, 4.69) is 12.2 Å². The van der Waals surface area contributed by atoms with Crippen molar-refractivity contribution in [3.8, 4) is 5.69 Å². The molecule has 4 rings (SSSR count). The van der Waals surface area contributed by atoms with Crippen LogP contribution in [-0.2, 0) is 0 Å². The molecular weight excluding hydrogens is 338 g/mol. The molecule has 0 aliphatic heterocycles. The standard InChI is InChI=1S/C21H21N5O/c1-2-3-13-23-21(27)17-18-20(25-16-12-8-7-11-15(16)24-18)26(19(17)22)14-9-5-4-6-10-14/h4-12H,2-3,13,22H2,1H3,(H,23,27). The zero-order valence-electron chi connectivity index (χ0n) is 15.1. The van der Waals surface area contributed by atoms with Gasteiger partial charge in [-0.15, -0.1) is 0 Å². The summed E-state index contributed by atoms with van der Waals surface area (Å²) in [7, 11) is 0. The quantitative estimate of drug-likeness (QED) is 0.532. The van der Waals surface area contributed by atoms with Crippen molar-refractivity contribution < 1.29 is 4.79 Å². The van der Waals surface area contributed by atoms with E-state index in [1.807, 2.05) is 54.6 Å². The molecule has 0 spiro atoms. The third-order valence-electron chi connectivity index (χ3n) is 4.56. The van der Waals surface area contributed by atoms with Gasteiger partial charge < -0.3 is 11.1 Å². The van der Waals surface area contributed by atoms with E-state index in [1.54, 1.807) is 4.57 Å². The normalized spacial score (nSPS) is 11.1. The number of rotatable bonds is 5. The number of fused-ring (bicyclic) bond motifs is 2. The highest BCUT2D eigenvalue weighted by Crippen LogP contribution is 2.30. The first-order valence-electron chi connectivity index (χ1n) is 9.11. The number of unbranched alkanes of at least 4 members (excludes halogenated alkanes) is 1. The maximum absolute atomic E-state index is 12.9. The van der Waals surface area contributed by atoms with Crippen LogP contribution in [-0.4, -0.2) is 27.0 Å². The summed E-state index contributed by atoms with van der Waals surface area (Å²) in [4.78, 5) is 22.3. The van der Waals surface area contributed by atoms with Gasteiger partial charge in [0.1, 0.15) is 16.9 Å². The van der Waals surface area contributed by atoms with Crippen LogP contribution < -0.4 is 11.1 Å². The highest BCUT2D eigenvalue weighted by atomic mass is 16.1.